The summed E-state index contributed by atoms with van der Waals surface area (Å²) in [5.41, 5.74) is 0. The summed E-state index contributed by atoms with van der Waals surface area (Å²) >= 11 is 0. The molecule has 80 valence electrons. The van der Waals surface area contributed by atoms with Crippen LogP contribution in [-0.4, -0.2) is 35.6 Å². The molecule has 0 amide bonds. The summed E-state index contributed by atoms with van der Waals surface area (Å²) < 4.78 is 0. The van der Waals surface area contributed by atoms with Crippen molar-refractivity contribution < 1.29 is 0 Å². The first-order valence-corrected chi connectivity index (χ1v) is 6.37. The van der Waals surface area contributed by atoms with E-state index in [0.717, 1.165) is 24.2 Å². The summed E-state index contributed by atoms with van der Waals surface area (Å²) in [5.74, 6) is 0. The fraction of sp³-hybridized carbons (Fsp3) is 1.00. The lowest BCUT2D eigenvalue weighted by Crippen LogP contribution is -2.47. The Morgan fingerprint density at radius 1 is 1.07 bits per heavy atom. The van der Waals surface area contributed by atoms with Gasteiger partial charge in [0.2, 0.25) is 0 Å². The Morgan fingerprint density at radius 2 is 1.71 bits per heavy atom. The van der Waals surface area contributed by atoms with E-state index in [4.69, 9.17) is 0 Å². The van der Waals surface area contributed by atoms with Gasteiger partial charge in [-0.1, -0.05) is 0 Å². The molecule has 2 bridgehead atoms. The maximum Gasteiger partial charge on any atom is 0.0226 e. The van der Waals surface area contributed by atoms with Gasteiger partial charge < -0.3 is 5.32 Å². The average Bonchev–Trinajstić information content (AvgIpc) is 2.94. The summed E-state index contributed by atoms with van der Waals surface area (Å²) in [4.78, 5) is 2.84. The molecular formula is C12H22N2. The Kier molecular flexibility index (Phi) is 2.29. The number of nitrogens with zero attached hydrogens (tertiary/aromatic N) is 1. The molecule has 3 heterocycles. The van der Waals surface area contributed by atoms with Crippen molar-refractivity contribution in [3.05, 3.63) is 0 Å². The van der Waals surface area contributed by atoms with Crippen molar-refractivity contribution in [3.8, 4) is 0 Å². The number of fused-ring (bicyclic) bond motifs is 2. The molecule has 0 radical (unpaired) electrons. The van der Waals surface area contributed by atoms with Gasteiger partial charge in [0.1, 0.15) is 0 Å². The van der Waals surface area contributed by atoms with Gasteiger partial charge in [0.15, 0.2) is 0 Å². The molecule has 1 N–H and O–H groups in total. The molecule has 3 rings (SSSR count). The van der Waals surface area contributed by atoms with Gasteiger partial charge in [0.05, 0.1) is 0 Å². The van der Waals surface area contributed by atoms with Crippen molar-refractivity contribution in [1.82, 2.24) is 10.2 Å². The normalized spacial score (nSPS) is 44.8. The summed E-state index contributed by atoms with van der Waals surface area (Å²) in [6.45, 7) is 3.69. The van der Waals surface area contributed by atoms with E-state index in [-0.39, 0.29) is 0 Å². The van der Waals surface area contributed by atoms with Crippen molar-refractivity contribution >= 4 is 0 Å². The number of hydrogen-bond donors (Lipinski definition) is 1. The second-order valence-corrected chi connectivity index (χ2v) is 5.35. The fourth-order valence-electron chi connectivity index (χ4n) is 3.95. The molecule has 0 saturated carbocycles. The van der Waals surface area contributed by atoms with Gasteiger partial charge in [-0.05, 0) is 52.0 Å². The first-order valence-electron chi connectivity index (χ1n) is 6.37. The van der Waals surface area contributed by atoms with E-state index >= 15 is 0 Å². The maximum atomic E-state index is 3.66. The molecule has 3 aliphatic heterocycles. The van der Waals surface area contributed by atoms with Crippen LogP contribution in [-0.2, 0) is 0 Å². The van der Waals surface area contributed by atoms with Crippen LogP contribution < -0.4 is 5.32 Å². The zero-order valence-corrected chi connectivity index (χ0v) is 9.21. The van der Waals surface area contributed by atoms with Crippen LogP contribution in [0.2, 0.25) is 0 Å². The summed E-state index contributed by atoms with van der Waals surface area (Å²) in [5, 5.41) is 3.66. The summed E-state index contributed by atoms with van der Waals surface area (Å²) in [6, 6.07) is 3.46. The SMILES string of the molecule is CC(C1CCCN1)N1C2CCC1CC2. The highest BCUT2D eigenvalue weighted by Crippen LogP contribution is 2.39. The van der Waals surface area contributed by atoms with E-state index in [0.29, 0.717) is 0 Å². The third-order valence-electron chi connectivity index (χ3n) is 4.66. The van der Waals surface area contributed by atoms with Gasteiger partial charge in [-0.25, -0.2) is 0 Å². The summed E-state index contributed by atoms with van der Waals surface area (Å²) in [6.07, 6.45) is 8.68. The Morgan fingerprint density at radius 3 is 2.21 bits per heavy atom. The van der Waals surface area contributed by atoms with Crippen molar-refractivity contribution in [2.24, 2.45) is 0 Å². The van der Waals surface area contributed by atoms with Crippen molar-refractivity contribution in [3.63, 3.8) is 0 Å². The van der Waals surface area contributed by atoms with Crippen LogP contribution in [0.15, 0.2) is 0 Å². The molecule has 0 aromatic heterocycles. The van der Waals surface area contributed by atoms with Gasteiger partial charge in [0, 0.05) is 24.2 Å². The molecule has 0 spiro atoms. The molecule has 0 aromatic rings. The Bertz CT molecular complexity index is 190. The number of rotatable bonds is 2. The van der Waals surface area contributed by atoms with E-state index in [1.807, 2.05) is 0 Å². The van der Waals surface area contributed by atoms with Crippen LogP contribution in [0.4, 0.5) is 0 Å². The third-order valence-corrected chi connectivity index (χ3v) is 4.66. The number of nitrogens with one attached hydrogen (secondary N) is 1. The topological polar surface area (TPSA) is 15.3 Å². The Hall–Kier alpha value is -0.0800. The van der Waals surface area contributed by atoms with Gasteiger partial charge in [0.25, 0.3) is 0 Å². The zero-order valence-electron chi connectivity index (χ0n) is 9.21. The van der Waals surface area contributed by atoms with E-state index < -0.39 is 0 Å². The molecule has 0 aliphatic carbocycles. The van der Waals surface area contributed by atoms with Gasteiger partial charge in [-0.3, -0.25) is 4.90 Å². The molecule has 3 aliphatic rings. The van der Waals surface area contributed by atoms with E-state index in [1.54, 1.807) is 0 Å². The van der Waals surface area contributed by atoms with Gasteiger partial charge in [-0.2, -0.15) is 0 Å². The lowest BCUT2D eigenvalue weighted by Gasteiger charge is -2.33. The van der Waals surface area contributed by atoms with Crippen LogP contribution in [0.3, 0.4) is 0 Å². The van der Waals surface area contributed by atoms with E-state index in [1.165, 1.54) is 45.1 Å². The van der Waals surface area contributed by atoms with Crippen molar-refractivity contribution in [2.75, 3.05) is 6.54 Å². The molecule has 2 atom stereocenters. The summed E-state index contributed by atoms with van der Waals surface area (Å²) in [7, 11) is 0. The highest BCUT2D eigenvalue weighted by atomic mass is 15.3. The van der Waals surface area contributed by atoms with Crippen LogP contribution in [0, 0.1) is 0 Å². The Labute approximate surface area is 87.0 Å². The minimum absolute atomic E-state index is 0.788. The van der Waals surface area contributed by atoms with Gasteiger partial charge in [-0.15, -0.1) is 0 Å². The van der Waals surface area contributed by atoms with Crippen LogP contribution in [0.25, 0.3) is 0 Å². The smallest absolute Gasteiger partial charge is 0.0226 e. The monoisotopic (exact) mass is 194 g/mol. The highest BCUT2D eigenvalue weighted by Gasteiger charge is 2.43. The van der Waals surface area contributed by atoms with Crippen molar-refractivity contribution in [2.45, 2.75) is 69.6 Å². The number of hydrogen-bond acceptors (Lipinski definition) is 2. The predicted molar refractivity (Wildman–Crippen MR) is 58.4 cm³/mol. The Balaban J connectivity index is 1.69. The van der Waals surface area contributed by atoms with Gasteiger partial charge >= 0.3 is 0 Å². The third kappa shape index (κ3) is 1.31. The average molecular weight is 194 g/mol. The molecule has 14 heavy (non-hydrogen) atoms. The first-order chi connectivity index (χ1) is 6.86. The molecule has 2 unspecified atom stereocenters. The zero-order chi connectivity index (χ0) is 9.54. The standard InChI is InChI=1S/C12H22N2/c1-9(12-3-2-8-13-12)14-10-4-5-11(14)7-6-10/h9-13H,2-8H2,1H3. The predicted octanol–water partition coefficient (Wildman–Crippen LogP) is 1.75. The fourth-order valence-corrected chi connectivity index (χ4v) is 3.95. The van der Waals surface area contributed by atoms with Crippen LogP contribution in [0.5, 0.6) is 0 Å². The second-order valence-electron chi connectivity index (χ2n) is 5.35. The molecule has 3 saturated heterocycles. The first kappa shape index (κ1) is 9.17. The van der Waals surface area contributed by atoms with Crippen LogP contribution in [0.1, 0.15) is 45.4 Å². The highest BCUT2D eigenvalue weighted by molar-refractivity contribution is 5.00. The second kappa shape index (κ2) is 3.49. The van der Waals surface area contributed by atoms with E-state index in [2.05, 4.69) is 17.1 Å². The molecular weight excluding hydrogens is 172 g/mol. The largest absolute Gasteiger partial charge is 0.312 e. The van der Waals surface area contributed by atoms with Crippen molar-refractivity contribution in [1.29, 1.82) is 0 Å². The lowest BCUT2D eigenvalue weighted by molar-refractivity contribution is 0.157. The molecule has 2 nitrogen and oxygen atoms in total. The molecule has 2 heteroatoms. The quantitative estimate of drug-likeness (QED) is 0.720. The van der Waals surface area contributed by atoms with E-state index in [9.17, 15) is 0 Å². The minimum Gasteiger partial charge on any atom is -0.312 e. The maximum absolute atomic E-state index is 3.66. The minimum atomic E-state index is 0.788. The lowest BCUT2D eigenvalue weighted by atomic mass is 10.0. The molecule has 3 fully saturated rings. The van der Waals surface area contributed by atoms with Crippen LogP contribution >= 0.6 is 0 Å². The molecule has 0 aromatic carbocycles.